The van der Waals surface area contributed by atoms with Gasteiger partial charge in [0.05, 0.1) is 5.39 Å². The second kappa shape index (κ2) is 4.74. The summed E-state index contributed by atoms with van der Waals surface area (Å²) in [6, 6.07) is 14.8. The molecule has 3 aromatic carbocycles. The molecule has 0 atom stereocenters. The Hall–Kier alpha value is -3.53. The highest BCUT2D eigenvalue weighted by atomic mass is 16.4. The minimum Gasteiger partial charge on any atom is -0.422 e. The monoisotopic (exact) mass is 326 g/mol. The Morgan fingerprint density at radius 3 is 2.32 bits per heavy atom. The molecule has 1 heterocycles. The number of rotatable bonds is 0. The van der Waals surface area contributed by atoms with Gasteiger partial charge in [-0.25, -0.2) is 4.79 Å². The molecule has 1 aliphatic rings. The van der Waals surface area contributed by atoms with E-state index in [4.69, 9.17) is 4.42 Å². The lowest BCUT2D eigenvalue weighted by Gasteiger charge is -2.13. The number of hydrogen-bond acceptors (Lipinski definition) is 4. The average Bonchev–Trinajstić information content (AvgIpc) is 2.64. The van der Waals surface area contributed by atoms with Crippen molar-refractivity contribution in [2.24, 2.45) is 0 Å². The molecule has 0 amide bonds. The van der Waals surface area contributed by atoms with Crippen LogP contribution in [0.1, 0.15) is 20.7 Å². The largest absolute Gasteiger partial charge is 0.422 e. The van der Waals surface area contributed by atoms with Crippen molar-refractivity contribution in [1.82, 2.24) is 0 Å². The maximum atomic E-state index is 12.7. The lowest BCUT2D eigenvalue weighted by molar-refractivity contribution is 0.0995. The maximum Gasteiger partial charge on any atom is 0.344 e. The van der Waals surface area contributed by atoms with E-state index in [1.807, 2.05) is 36.4 Å². The fraction of sp³-hybridized carbons (Fsp3) is 0. The quantitative estimate of drug-likeness (QED) is 0.361. The van der Waals surface area contributed by atoms with E-state index in [0.29, 0.717) is 11.0 Å². The van der Waals surface area contributed by atoms with Gasteiger partial charge in [-0.2, -0.15) is 0 Å². The lowest BCUT2D eigenvalue weighted by atomic mass is 9.89. The first-order chi connectivity index (χ1) is 12.1. The van der Waals surface area contributed by atoms with E-state index in [9.17, 15) is 14.4 Å². The summed E-state index contributed by atoms with van der Waals surface area (Å²) < 4.78 is 5.59. The summed E-state index contributed by atoms with van der Waals surface area (Å²) in [5, 5.41) is 3.32. The molecule has 25 heavy (non-hydrogen) atoms. The molecule has 0 saturated carbocycles. The number of hydrogen-bond donors (Lipinski definition) is 0. The van der Waals surface area contributed by atoms with Gasteiger partial charge >= 0.3 is 5.63 Å². The zero-order valence-electron chi connectivity index (χ0n) is 12.9. The van der Waals surface area contributed by atoms with Gasteiger partial charge in [-0.3, -0.25) is 9.59 Å². The number of fused-ring (bicyclic) bond motifs is 7. The molecule has 0 saturated heterocycles. The molecule has 0 bridgehead atoms. The molecular weight excluding hydrogens is 316 g/mol. The number of benzene rings is 3. The third-order valence-electron chi connectivity index (χ3n) is 4.67. The van der Waals surface area contributed by atoms with Crippen molar-refractivity contribution in [2.75, 3.05) is 0 Å². The van der Waals surface area contributed by atoms with Crippen LogP contribution in [0.5, 0.6) is 0 Å². The minimum atomic E-state index is -0.604. The molecule has 4 aromatic rings. The van der Waals surface area contributed by atoms with E-state index in [0.717, 1.165) is 16.2 Å². The van der Waals surface area contributed by atoms with Crippen LogP contribution in [-0.2, 0) is 0 Å². The summed E-state index contributed by atoms with van der Waals surface area (Å²) in [7, 11) is 0. The van der Waals surface area contributed by atoms with Gasteiger partial charge in [-0.05, 0) is 29.7 Å². The van der Waals surface area contributed by atoms with Crippen LogP contribution in [-0.4, -0.2) is 11.6 Å². The highest BCUT2D eigenvalue weighted by molar-refractivity contribution is 6.28. The summed E-state index contributed by atoms with van der Waals surface area (Å²) in [6.07, 6.45) is 2.43. The maximum absolute atomic E-state index is 12.7. The Morgan fingerprint density at radius 2 is 1.44 bits per heavy atom. The van der Waals surface area contributed by atoms with Gasteiger partial charge < -0.3 is 4.42 Å². The molecule has 0 N–H and O–H groups in total. The van der Waals surface area contributed by atoms with Crippen molar-refractivity contribution >= 4 is 44.1 Å². The van der Waals surface area contributed by atoms with E-state index < -0.39 is 5.63 Å². The van der Waals surface area contributed by atoms with Gasteiger partial charge in [-0.15, -0.1) is 0 Å². The van der Waals surface area contributed by atoms with Crippen molar-refractivity contribution in [3.05, 3.63) is 82.2 Å². The van der Waals surface area contributed by atoms with Crippen LogP contribution >= 0.6 is 0 Å². The highest BCUT2D eigenvalue weighted by Crippen LogP contribution is 2.32. The molecule has 4 nitrogen and oxygen atoms in total. The molecule has 4 heteroatoms. The van der Waals surface area contributed by atoms with Gasteiger partial charge in [0.1, 0.15) is 5.58 Å². The van der Waals surface area contributed by atoms with Crippen LogP contribution in [0.15, 0.2) is 69.9 Å². The Bertz CT molecular complexity index is 1340. The summed E-state index contributed by atoms with van der Waals surface area (Å²) in [4.78, 5) is 37.1. The topological polar surface area (TPSA) is 64.3 Å². The van der Waals surface area contributed by atoms with Gasteiger partial charge in [-0.1, -0.05) is 36.4 Å². The molecular formula is C21H10O4. The van der Waals surface area contributed by atoms with E-state index in [1.54, 1.807) is 12.1 Å². The normalized spacial score (nSPS) is 13.8. The van der Waals surface area contributed by atoms with Gasteiger partial charge in [0.2, 0.25) is 0 Å². The molecule has 1 aromatic heterocycles. The number of ketones is 2. The molecule has 5 rings (SSSR count). The molecule has 118 valence electrons. The van der Waals surface area contributed by atoms with E-state index in [2.05, 4.69) is 0 Å². The fourth-order valence-electron chi connectivity index (χ4n) is 3.53. The van der Waals surface area contributed by atoms with Crippen molar-refractivity contribution in [2.45, 2.75) is 0 Å². The van der Waals surface area contributed by atoms with Crippen LogP contribution in [0.2, 0.25) is 0 Å². The molecule has 1 aliphatic carbocycles. The van der Waals surface area contributed by atoms with Crippen molar-refractivity contribution in [1.29, 1.82) is 0 Å². The Labute approximate surface area is 141 Å². The Morgan fingerprint density at radius 1 is 0.680 bits per heavy atom. The average molecular weight is 326 g/mol. The van der Waals surface area contributed by atoms with E-state index >= 15 is 0 Å². The Kier molecular flexibility index (Phi) is 2.63. The molecule has 0 fully saturated rings. The van der Waals surface area contributed by atoms with Crippen LogP contribution in [0.4, 0.5) is 0 Å². The van der Waals surface area contributed by atoms with Crippen LogP contribution in [0.25, 0.3) is 32.5 Å². The highest BCUT2D eigenvalue weighted by Gasteiger charge is 2.25. The third kappa shape index (κ3) is 1.79. The smallest absolute Gasteiger partial charge is 0.344 e. The van der Waals surface area contributed by atoms with Gasteiger partial charge in [0.15, 0.2) is 11.6 Å². The SMILES string of the molecule is O=C1C=CC(=O)c2c1ccc1c2c(=O)oc2c3ccccc3ccc12. The number of carbonyl (C=O) groups excluding carboxylic acids is 2. The van der Waals surface area contributed by atoms with Crippen LogP contribution in [0.3, 0.4) is 0 Å². The number of allylic oxidation sites excluding steroid dienone is 2. The van der Waals surface area contributed by atoms with Gasteiger partial charge in [0.25, 0.3) is 0 Å². The van der Waals surface area contributed by atoms with Crippen molar-refractivity contribution in [3.8, 4) is 0 Å². The summed E-state index contributed by atoms with van der Waals surface area (Å²) >= 11 is 0. The standard InChI is InChI=1S/C21H10O4/c22-16-9-10-17(23)18-15(16)8-7-13-14-6-5-11-3-1-2-4-12(11)20(14)25-21(24)19(13)18/h1-10H. The van der Waals surface area contributed by atoms with Gasteiger partial charge in [0, 0.05) is 27.3 Å². The third-order valence-corrected chi connectivity index (χ3v) is 4.67. The second-order valence-corrected chi connectivity index (χ2v) is 6.03. The first kappa shape index (κ1) is 13.9. The second-order valence-electron chi connectivity index (χ2n) is 6.03. The first-order valence-electron chi connectivity index (χ1n) is 7.83. The zero-order chi connectivity index (χ0) is 17.1. The predicted octanol–water partition coefficient (Wildman–Crippen LogP) is 4.03. The molecule has 0 spiro atoms. The number of carbonyl (C=O) groups is 2. The summed E-state index contributed by atoms with van der Waals surface area (Å²) in [5.74, 6) is -0.637. The fourth-order valence-corrected chi connectivity index (χ4v) is 3.53. The summed E-state index contributed by atoms with van der Waals surface area (Å²) in [5.41, 5.74) is 0.258. The zero-order valence-corrected chi connectivity index (χ0v) is 12.9. The van der Waals surface area contributed by atoms with Crippen molar-refractivity contribution < 1.29 is 14.0 Å². The summed E-state index contributed by atoms with van der Waals surface area (Å²) in [6.45, 7) is 0. The lowest BCUT2D eigenvalue weighted by Crippen LogP contribution is -2.16. The Balaban J connectivity index is 2.05. The van der Waals surface area contributed by atoms with Crippen molar-refractivity contribution in [3.63, 3.8) is 0 Å². The van der Waals surface area contributed by atoms with E-state index in [-0.39, 0.29) is 28.1 Å². The van der Waals surface area contributed by atoms with Crippen LogP contribution < -0.4 is 5.63 Å². The van der Waals surface area contributed by atoms with E-state index in [1.165, 1.54) is 12.2 Å². The first-order valence-corrected chi connectivity index (χ1v) is 7.83. The minimum absolute atomic E-state index is 0.133. The molecule has 0 radical (unpaired) electrons. The molecule has 0 unspecified atom stereocenters. The molecule has 0 aliphatic heterocycles. The predicted molar refractivity (Wildman–Crippen MR) is 95.3 cm³/mol. The van der Waals surface area contributed by atoms with Crippen LogP contribution in [0, 0.1) is 0 Å².